The van der Waals surface area contributed by atoms with E-state index in [0.717, 1.165) is 96.3 Å². The first-order valence-electron chi connectivity index (χ1n) is 22.6. The largest absolute Gasteiger partial charge is 0.480 e. The lowest BCUT2D eigenvalue weighted by Crippen LogP contribution is -2.47. The van der Waals surface area contributed by atoms with Gasteiger partial charge in [0.2, 0.25) is 11.8 Å². The summed E-state index contributed by atoms with van der Waals surface area (Å²) in [5.74, 6) is -2.48. The van der Waals surface area contributed by atoms with Gasteiger partial charge in [-0.2, -0.15) is 0 Å². The van der Waals surface area contributed by atoms with Crippen LogP contribution in [0.5, 0.6) is 0 Å². The molecule has 0 saturated heterocycles. The summed E-state index contributed by atoms with van der Waals surface area (Å²) in [5, 5.41) is 22.5. The molecule has 0 bridgehead atoms. The molecule has 59 heavy (non-hydrogen) atoms. The number of unbranched alkanes of at least 4 members (excludes halogenated alkanes) is 11. The number of aliphatic carboxylic acids is 1. The Morgan fingerprint density at radius 1 is 0.542 bits per heavy atom. The van der Waals surface area contributed by atoms with Gasteiger partial charge in [-0.25, -0.2) is 4.79 Å². The maximum Gasteiger partial charge on any atom is 0.328 e. The number of aliphatic hydroxyl groups excluding tert-OH is 1. The summed E-state index contributed by atoms with van der Waals surface area (Å²) in [6.07, 6.45) is 57.4. The maximum absolute atomic E-state index is 12.7. The Balaban J connectivity index is 4.39. The lowest BCUT2D eigenvalue weighted by Gasteiger charge is -2.15. The number of allylic oxidation sites excluding steroid dienone is 15. The molecule has 0 fully saturated rings. The Morgan fingerprint density at radius 3 is 1.58 bits per heavy atom. The van der Waals surface area contributed by atoms with Gasteiger partial charge in [-0.1, -0.05) is 156 Å². The summed E-state index contributed by atoms with van der Waals surface area (Å²) < 4.78 is 5.89. The van der Waals surface area contributed by atoms with Crippen molar-refractivity contribution in [3.63, 3.8) is 0 Å². The van der Waals surface area contributed by atoms with Crippen LogP contribution in [-0.4, -0.2) is 59.3 Å². The second-order valence-electron chi connectivity index (χ2n) is 14.8. The average Bonchev–Trinajstić information content (AvgIpc) is 3.22. The zero-order valence-electron chi connectivity index (χ0n) is 36.7. The van der Waals surface area contributed by atoms with E-state index < -0.39 is 24.5 Å². The summed E-state index contributed by atoms with van der Waals surface area (Å²) in [7, 11) is 0. The van der Waals surface area contributed by atoms with E-state index in [1.807, 2.05) is 6.08 Å². The van der Waals surface area contributed by atoms with Crippen LogP contribution in [0.4, 0.5) is 0 Å². The number of carboxylic acid groups (broad SMARTS) is 1. The molecule has 0 aromatic rings. The number of aliphatic hydroxyl groups is 1. The molecular formula is C50H80N2O7. The SMILES string of the molecule is CC/C=C\C/C=C\C/C=C\C/C=C\C/C=C\C/C=C\C/C=C\CCCC(=O)OC(/C=C\CCCCCCCCC)CCCCCCC(=O)NCC(=O)NC(CO)C(=O)O. The first-order chi connectivity index (χ1) is 28.8. The van der Waals surface area contributed by atoms with Crippen molar-refractivity contribution in [2.75, 3.05) is 13.2 Å². The van der Waals surface area contributed by atoms with E-state index in [1.165, 1.54) is 38.5 Å². The van der Waals surface area contributed by atoms with Crippen molar-refractivity contribution >= 4 is 23.8 Å². The van der Waals surface area contributed by atoms with Crippen LogP contribution in [0, 0.1) is 0 Å². The Hall–Kier alpha value is -4.24. The number of carbonyl (C=O) groups is 4. The standard InChI is InChI=1S/C50H80N2O7/c1-3-5-7-9-11-13-14-15-16-17-18-19-20-21-22-23-24-25-26-28-30-32-38-42-49(56)59-45(39-35-31-29-27-12-10-8-6-4-2)40-36-33-34-37-41-47(54)51-43-48(55)52-46(44-53)50(57)58/h5,7,11,13,15-16,18-19,21-22,24-25,28,30,35,39,45-46,53H,3-4,6,8-10,12,14,17,20,23,26-27,29,31-34,36-38,40-44H2,1-2H3,(H,51,54)(H,52,55)(H,57,58)/b7-5-,13-11-,16-15-,19-18-,22-21-,25-24-,30-28-,39-35-. The van der Waals surface area contributed by atoms with Crippen LogP contribution in [0.2, 0.25) is 0 Å². The lowest BCUT2D eigenvalue weighted by atomic mass is 10.1. The molecule has 332 valence electrons. The minimum absolute atomic E-state index is 0.171. The maximum atomic E-state index is 12.7. The lowest BCUT2D eigenvalue weighted by molar-refractivity contribution is -0.147. The van der Waals surface area contributed by atoms with E-state index in [9.17, 15) is 19.2 Å². The smallest absolute Gasteiger partial charge is 0.328 e. The highest BCUT2D eigenvalue weighted by molar-refractivity contribution is 5.87. The number of hydrogen-bond acceptors (Lipinski definition) is 6. The number of esters is 1. The van der Waals surface area contributed by atoms with Gasteiger partial charge in [-0.05, 0) is 96.0 Å². The van der Waals surface area contributed by atoms with Gasteiger partial charge < -0.3 is 25.6 Å². The molecule has 0 aromatic heterocycles. The molecule has 0 saturated carbocycles. The molecule has 0 rings (SSSR count). The average molecular weight is 821 g/mol. The molecule has 0 aromatic carbocycles. The van der Waals surface area contributed by atoms with Crippen molar-refractivity contribution in [3.8, 4) is 0 Å². The second kappa shape index (κ2) is 43.3. The molecule has 0 aliphatic heterocycles. The fourth-order valence-corrected chi connectivity index (χ4v) is 5.85. The predicted octanol–water partition coefficient (Wildman–Crippen LogP) is 11.4. The minimum Gasteiger partial charge on any atom is -0.480 e. The van der Waals surface area contributed by atoms with Crippen molar-refractivity contribution in [1.29, 1.82) is 0 Å². The molecule has 2 unspecified atom stereocenters. The Morgan fingerprint density at radius 2 is 1.03 bits per heavy atom. The van der Waals surface area contributed by atoms with E-state index in [0.29, 0.717) is 12.8 Å². The minimum atomic E-state index is -1.40. The highest BCUT2D eigenvalue weighted by atomic mass is 16.5. The highest BCUT2D eigenvalue weighted by Crippen LogP contribution is 2.14. The van der Waals surface area contributed by atoms with Gasteiger partial charge in [0, 0.05) is 12.8 Å². The third-order valence-corrected chi connectivity index (χ3v) is 9.30. The van der Waals surface area contributed by atoms with E-state index in [2.05, 4.69) is 116 Å². The fraction of sp³-hybridized carbons (Fsp3) is 0.600. The second-order valence-corrected chi connectivity index (χ2v) is 14.8. The number of carbonyl (C=O) groups excluding carboxylic acids is 3. The summed E-state index contributed by atoms with van der Waals surface area (Å²) >= 11 is 0. The highest BCUT2D eigenvalue weighted by Gasteiger charge is 2.18. The molecule has 9 nitrogen and oxygen atoms in total. The first-order valence-corrected chi connectivity index (χ1v) is 22.6. The third-order valence-electron chi connectivity index (χ3n) is 9.30. The molecule has 2 atom stereocenters. The molecule has 0 aliphatic carbocycles. The van der Waals surface area contributed by atoms with Gasteiger partial charge in [-0.15, -0.1) is 0 Å². The van der Waals surface area contributed by atoms with E-state index in [-0.39, 0.29) is 30.9 Å². The van der Waals surface area contributed by atoms with Crippen LogP contribution in [0.1, 0.15) is 168 Å². The molecular weight excluding hydrogens is 741 g/mol. The zero-order valence-corrected chi connectivity index (χ0v) is 36.7. The molecule has 0 spiro atoms. The van der Waals surface area contributed by atoms with Crippen molar-refractivity contribution in [1.82, 2.24) is 10.6 Å². The molecule has 2 amide bonds. The molecule has 4 N–H and O–H groups in total. The van der Waals surface area contributed by atoms with Crippen LogP contribution in [0.15, 0.2) is 97.2 Å². The Kier molecular flexibility index (Phi) is 40.2. The van der Waals surface area contributed by atoms with Gasteiger partial charge in [0.15, 0.2) is 0 Å². The third kappa shape index (κ3) is 40.3. The van der Waals surface area contributed by atoms with E-state index in [1.54, 1.807) is 0 Å². The fourth-order valence-electron chi connectivity index (χ4n) is 5.85. The van der Waals surface area contributed by atoms with Crippen molar-refractivity contribution in [2.24, 2.45) is 0 Å². The van der Waals surface area contributed by atoms with Crippen molar-refractivity contribution in [3.05, 3.63) is 97.2 Å². The normalized spacial score (nSPS) is 13.4. The van der Waals surface area contributed by atoms with Crippen molar-refractivity contribution in [2.45, 2.75) is 180 Å². The summed E-state index contributed by atoms with van der Waals surface area (Å²) in [5.41, 5.74) is 0. The molecule has 0 radical (unpaired) electrons. The predicted molar refractivity (Wildman–Crippen MR) is 245 cm³/mol. The van der Waals surface area contributed by atoms with E-state index >= 15 is 0 Å². The number of nitrogens with one attached hydrogen (secondary N) is 2. The number of carboxylic acids is 1. The van der Waals surface area contributed by atoms with Crippen LogP contribution in [-0.2, 0) is 23.9 Å². The topological polar surface area (TPSA) is 142 Å². The van der Waals surface area contributed by atoms with Crippen LogP contribution >= 0.6 is 0 Å². The van der Waals surface area contributed by atoms with Gasteiger partial charge >= 0.3 is 11.9 Å². The summed E-state index contributed by atoms with van der Waals surface area (Å²) in [6, 6.07) is -1.40. The van der Waals surface area contributed by atoms with Crippen LogP contribution < -0.4 is 10.6 Å². The number of rotatable bonds is 39. The number of ether oxygens (including phenoxy) is 1. The zero-order chi connectivity index (χ0) is 43.3. The Labute approximate surface area is 358 Å². The van der Waals surface area contributed by atoms with E-state index in [4.69, 9.17) is 14.9 Å². The Bertz CT molecular complexity index is 1310. The van der Waals surface area contributed by atoms with Gasteiger partial charge in [0.05, 0.1) is 13.2 Å². The number of hydrogen-bond donors (Lipinski definition) is 4. The molecule has 9 heteroatoms. The van der Waals surface area contributed by atoms with Gasteiger partial charge in [0.25, 0.3) is 0 Å². The molecule has 0 aliphatic rings. The van der Waals surface area contributed by atoms with Crippen molar-refractivity contribution < 1.29 is 34.1 Å². The monoisotopic (exact) mass is 821 g/mol. The number of amides is 2. The summed E-state index contributed by atoms with van der Waals surface area (Å²) in [4.78, 5) is 47.6. The summed E-state index contributed by atoms with van der Waals surface area (Å²) in [6.45, 7) is 3.31. The first kappa shape index (κ1) is 54.8. The van der Waals surface area contributed by atoms with Crippen LogP contribution in [0.3, 0.4) is 0 Å². The molecule has 0 heterocycles. The van der Waals surface area contributed by atoms with Crippen LogP contribution in [0.25, 0.3) is 0 Å². The van der Waals surface area contributed by atoms with Gasteiger partial charge in [0.1, 0.15) is 12.1 Å². The van der Waals surface area contributed by atoms with Gasteiger partial charge in [-0.3, -0.25) is 14.4 Å². The quantitative estimate of drug-likeness (QED) is 0.0275.